The Morgan fingerprint density at radius 3 is 2.11 bits per heavy atom. The van der Waals surface area contributed by atoms with E-state index in [1.54, 1.807) is 0 Å². The first-order valence-corrected chi connectivity index (χ1v) is 10.4. The molecule has 0 saturated carbocycles. The number of anilines is 1. The van der Waals surface area contributed by atoms with Gasteiger partial charge in [-0.1, -0.05) is 18.2 Å². The minimum atomic E-state index is -5.77. The Bertz CT molecular complexity index is 972. The van der Waals surface area contributed by atoms with Gasteiger partial charge < -0.3 is 4.90 Å². The van der Waals surface area contributed by atoms with Gasteiger partial charge >= 0.3 is 21.0 Å². The molecule has 1 saturated heterocycles. The number of halogens is 6. The van der Waals surface area contributed by atoms with Crippen LogP contribution in [-0.2, 0) is 31.2 Å². The van der Waals surface area contributed by atoms with Crippen molar-refractivity contribution in [2.45, 2.75) is 29.2 Å². The first-order valence-electron chi connectivity index (χ1n) is 7.34. The minimum absolute atomic E-state index is 0.159. The molecule has 1 aliphatic heterocycles. The number of likely N-dealkylation sites (tertiary alicyclic amines) is 1. The zero-order chi connectivity index (χ0) is 21.5. The average Bonchev–Trinajstić information content (AvgIpc) is 2.88. The van der Waals surface area contributed by atoms with Gasteiger partial charge in [-0.2, -0.15) is 34.8 Å². The van der Waals surface area contributed by atoms with Crippen molar-refractivity contribution in [1.82, 2.24) is 4.90 Å². The van der Waals surface area contributed by atoms with E-state index in [4.69, 9.17) is 0 Å². The first-order chi connectivity index (χ1) is 12.6. The molecule has 0 aromatic heterocycles. The fourth-order valence-corrected chi connectivity index (χ4v) is 4.24. The number of nitrogens with zero attached hydrogens (tertiary/aromatic N) is 1. The van der Waals surface area contributed by atoms with Crippen LogP contribution < -0.4 is 4.72 Å². The zero-order valence-corrected chi connectivity index (χ0v) is 15.2. The van der Waals surface area contributed by atoms with Gasteiger partial charge in [0.15, 0.2) is 5.25 Å². The maximum Gasteiger partial charge on any atom is 0.516 e. The van der Waals surface area contributed by atoms with Gasteiger partial charge in [0.1, 0.15) is 0 Å². The number of carbonyl (C=O) groups excluding carboxylic acids is 1. The Morgan fingerprint density at radius 2 is 1.57 bits per heavy atom. The number of para-hydroxylation sites is 1. The molecular formula is C13H12F6N2O5S2. The van der Waals surface area contributed by atoms with E-state index in [-0.39, 0.29) is 5.56 Å². The van der Waals surface area contributed by atoms with Crippen molar-refractivity contribution in [2.24, 2.45) is 0 Å². The fourth-order valence-electron chi connectivity index (χ4n) is 2.48. The van der Waals surface area contributed by atoms with Crippen LogP contribution in [-0.4, -0.2) is 50.5 Å². The second kappa shape index (κ2) is 7.09. The fraction of sp³-hybridized carbons (Fsp3) is 0.462. The van der Waals surface area contributed by atoms with Crippen molar-refractivity contribution < 1.29 is 48.0 Å². The topological polar surface area (TPSA) is 101 Å². The van der Waals surface area contributed by atoms with E-state index in [2.05, 4.69) is 0 Å². The van der Waals surface area contributed by atoms with E-state index >= 15 is 0 Å². The summed E-state index contributed by atoms with van der Waals surface area (Å²) in [6.07, 6.45) is -0.656. The van der Waals surface area contributed by atoms with E-state index < -0.39 is 67.2 Å². The lowest BCUT2D eigenvalue weighted by molar-refractivity contribution is -0.128. The Kier molecular flexibility index (Phi) is 5.64. The third kappa shape index (κ3) is 4.19. The van der Waals surface area contributed by atoms with Crippen LogP contribution in [0.5, 0.6) is 0 Å². The SMILES string of the molecule is O=C1C(S(=O)(=O)C(F)(F)F)CCN1Cc1ccccc1NS(=O)(=O)C(F)(F)F. The molecule has 2 rings (SSSR count). The van der Waals surface area contributed by atoms with Crippen molar-refractivity contribution in [2.75, 3.05) is 11.3 Å². The lowest BCUT2D eigenvalue weighted by Crippen LogP contribution is -2.40. The number of carbonyl (C=O) groups is 1. The molecule has 1 heterocycles. The van der Waals surface area contributed by atoms with Crippen molar-refractivity contribution in [3.05, 3.63) is 29.8 Å². The van der Waals surface area contributed by atoms with Crippen molar-refractivity contribution in [3.63, 3.8) is 0 Å². The molecule has 15 heteroatoms. The molecule has 1 N–H and O–H groups in total. The largest absolute Gasteiger partial charge is 0.516 e. The second-order valence-electron chi connectivity index (χ2n) is 5.74. The number of benzene rings is 1. The number of alkyl halides is 6. The molecule has 0 bridgehead atoms. The van der Waals surface area contributed by atoms with E-state index in [9.17, 15) is 48.0 Å². The van der Waals surface area contributed by atoms with E-state index in [1.165, 1.54) is 16.9 Å². The lowest BCUT2D eigenvalue weighted by atomic mass is 10.2. The summed E-state index contributed by atoms with van der Waals surface area (Å²) >= 11 is 0. The van der Waals surface area contributed by atoms with Crippen molar-refractivity contribution >= 4 is 31.5 Å². The summed E-state index contributed by atoms with van der Waals surface area (Å²) < 4.78 is 122. The molecule has 1 unspecified atom stereocenters. The van der Waals surface area contributed by atoms with Gasteiger partial charge in [-0.15, -0.1) is 0 Å². The Labute approximate surface area is 155 Å². The lowest BCUT2D eigenvalue weighted by Gasteiger charge is -2.20. The predicted octanol–water partition coefficient (Wildman–Crippen LogP) is 1.98. The number of hydrogen-bond acceptors (Lipinski definition) is 5. The van der Waals surface area contributed by atoms with Gasteiger partial charge in [0, 0.05) is 13.1 Å². The number of nitrogens with one attached hydrogen (secondary N) is 1. The van der Waals surface area contributed by atoms with Crippen LogP contribution in [0.15, 0.2) is 24.3 Å². The molecule has 1 aromatic carbocycles. The number of sulfonamides is 1. The summed E-state index contributed by atoms with van der Waals surface area (Å²) in [6, 6.07) is 4.60. The van der Waals surface area contributed by atoms with Gasteiger partial charge in [0.05, 0.1) is 5.69 Å². The Balaban J connectivity index is 2.26. The van der Waals surface area contributed by atoms with Gasteiger partial charge in [-0.25, -0.2) is 8.42 Å². The molecule has 0 aliphatic carbocycles. The number of sulfone groups is 1. The smallest absolute Gasteiger partial charge is 0.337 e. The summed E-state index contributed by atoms with van der Waals surface area (Å²) in [4.78, 5) is 12.8. The van der Waals surface area contributed by atoms with E-state index in [0.717, 1.165) is 12.1 Å². The summed E-state index contributed by atoms with van der Waals surface area (Å²) in [5.74, 6) is -1.37. The van der Waals surface area contributed by atoms with Gasteiger partial charge in [-0.3, -0.25) is 9.52 Å². The van der Waals surface area contributed by atoms with Crippen LogP contribution in [0.1, 0.15) is 12.0 Å². The number of amides is 1. The second-order valence-corrected chi connectivity index (χ2v) is 9.53. The van der Waals surface area contributed by atoms with Crippen molar-refractivity contribution in [1.29, 1.82) is 0 Å². The number of hydrogen-bond donors (Lipinski definition) is 1. The molecule has 1 aliphatic rings. The van der Waals surface area contributed by atoms with Crippen LogP contribution in [0.2, 0.25) is 0 Å². The van der Waals surface area contributed by atoms with Crippen LogP contribution in [0.4, 0.5) is 32.0 Å². The quantitative estimate of drug-likeness (QED) is 0.686. The Hall–Kier alpha value is -2.03. The standard InChI is InChI=1S/C13H12F6N2O5S2/c14-12(15,16)27(23,24)10-5-6-21(11(10)22)7-8-3-1-2-4-9(8)20-28(25,26)13(17,18)19/h1-4,10,20H,5-7H2. The summed E-state index contributed by atoms with van der Waals surface area (Å²) in [7, 11) is -11.5. The Morgan fingerprint density at radius 1 is 1.00 bits per heavy atom. The molecule has 28 heavy (non-hydrogen) atoms. The normalized spacial score (nSPS) is 19.1. The highest BCUT2D eigenvalue weighted by molar-refractivity contribution is 7.93. The highest BCUT2D eigenvalue weighted by atomic mass is 32.2. The minimum Gasteiger partial charge on any atom is -0.337 e. The third-order valence-corrected chi connectivity index (χ3v) is 6.80. The van der Waals surface area contributed by atoms with Crippen molar-refractivity contribution in [3.8, 4) is 0 Å². The molecule has 1 aromatic rings. The molecule has 158 valence electrons. The highest BCUT2D eigenvalue weighted by Gasteiger charge is 2.56. The number of rotatable bonds is 5. The van der Waals surface area contributed by atoms with Crippen LogP contribution in [0, 0.1) is 0 Å². The van der Waals surface area contributed by atoms with Crippen LogP contribution in [0.3, 0.4) is 0 Å². The maximum atomic E-state index is 12.6. The molecule has 1 amide bonds. The third-order valence-electron chi connectivity index (χ3n) is 3.87. The monoisotopic (exact) mass is 454 g/mol. The summed E-state index contributed by atoms with van der Waals surface area (Å²) in [6.45, 7) is -0.988. The molecule has 0 spiro atoms. The summed E-state index contributed by atoms with van der Waals surface area (Å²) in [5, 5.41) is -2.36. The molecule has 7 nitrogen and oxygen atoms in total. The van der Waals surface area contributed by atoms with Gasteiger partial charge in [0.25, 0.3) is 9.84 Å². The first kappa shape index (κ1) is 22.3. The van der Waals surface area contributed by atoms with Crippen LogP contribution >= 0.6 is 0 Å². The zero-order valence-electron chi connectivity index (χ0n) is 13.6. The highest BCUT2D eigenvalue weighted by Crippen LogP contribution is 2.33. The van der Waals surface area contributed by atoms with Gasteiger partial charge in [0.2, 0.25) is 5.91 Å². The molecule has 1 fully saturated rings. The van der Waals surface area contributed by atoms with E-state index in [1.807, 2.05) is 0 Å². The van der Waals surface area contributed by atoms with Gasteiger partial charge in [-0.05, 0) is 18.1 Å². The predicted molar refractivity (Wildman–Crippen MR) is 83.8 cm³/mol. The average molecular weight is 454 g/mol. The van der Waals surface area contributed by atoms with E-state index in [0.29, 0.717) is 4.90 Å². The molecular weight excluding hydrogens is 442 g/mol. The maximum absolute atomic E-state index is 12.6. The molecule has 0 radical (unpaired) electrons. The molecule has 1 atom stereocenters. The summed E-state index contributed by atoms with van der Waals surface area (Å²) in [5.41, 5.74) is -12.0. The van der Waals surface area contributed by atoms with Crippen LogP contribution in [0.25, 0.3) is 0 Å².